The number of carbonyl (C=O) groups excluding carboxylic acids is 1. The first-order valence-corrected chi connectivity index (χ1v) is 6.92. The lowest BCUT2D eigenvalue weighted by molar-refractivity contribution is -0.135. The minimum Gasteiger partial charge on any atom is -0.497 e. The van der Waals surface area contributed by atoms with Gasteiger partial charge in [-0.3, -0.25) is 4.79 Å². The molecule has 2 heterocycles. The lowest BCUT2D eigenvalue weighted by atomic mass is 9.88. The highest BCUT2D eigenvalue weighted by molar-refractivity contribution is 5.87. The summed E-state index contributed by atoms with van der Waals surface area (Å²) in [6, 6.07) is 6.07. The summed E-state index contributed by atoms with van der Waals surface area (Å²) in [6.07, 6.45) is 0.880. The first-order chi connectivity index (χ1) is 9.45. The molecule has 3 rings (SSSR count). The molecule has 1 amide bonds. The van der Waals surface area contributed by atoms with E-state index in [0.717, 1.165) is 29.9 Å². The second kappa shape index (κ2) is 4.27. The number of nitrogens with one attached hydrogen (secondary N) is 1. The number of aromatic amines is 1. The Morgan fingerprint density at radius 3 is 2.80 bits per heavy atom. The molecule has 0 fully saturated rings. The van der Waals surface area contributed by atoms with Crippen LogP contribution >= 0.6 is 0 Å². The van der Waals surface area contributed by atoms with E-state index >= 15 is 0 Å². The van der Waals surface area contributed by atoms with E-state index in [-0.39, 0.29) is 11.4 Å². The largest absolute Gasteiger partial charge is 0.497 e. The Morgan fingerprint density at radius 1 is 1.40 bits per heavy atom. The van der Waals surface area contributed by atoms with Gasteiger partial charge in [-0.15, -0.1) is 0 Å². The topological polar surface area (TPSA) is 45.3 Å². The number of methoxy groups -OCH3 is 1. The maximum atomic E-state index is 11.8. The van der Waals surface area contributed by atoms with Crippen LogP contribution in [-0.4, -0.2) is 29.4 Å². The fourth-order valence-electron chi connectivity index (χ4n) is 3.32. The lowest BCUT2D eigenvalue weighted by Crippen LogP contribution is -2.49. The van der Waals surface area contributed by atoms with Gasteiger partial charge < -0.3 is 14.6 Å². The molecule has 106 valence electrons. The van der Waals surface area contributed by atoms with Crippen LogP contribution in [-0.2, 0) is 16.8 Å². The fourth-order valence-corrected chi connectivity index (χ4v) is 3.32. The summed E-state index contributed by atoms with van der Waals surface area (Å²) in [6.45, 7) is 6.59. The molecule has 0 spiro atoms. The Morgan fingerprint density at radius 2 is 2.15 bits per heavy atom. The zero-order valence-electron chi connectivity index (χ0n) is 12.4. The smallest absolute Gasteiger partial charge is 0.220 e. The molecule has 0 unspecified atom stereocenters. The molecule has 1 aromatic heterocycles. The molecule has 1 aliphatic rings. The van der Waals surface area contributed by atoms with Gasteiger partial charge in [-0.05, 0) is 44.0 Å². The third kappa shape index (κ3) is 1.71. The Kier molecular flexibility index (Phi) is 2.78. The van der Waals surface area contributed by atoms with Crippen molar-refractivity contribution in [2.75, 3.05) is 13.7 Å². The van der Waals surface area contributed by atoms with Crippen LogP contribution in [0.5, 0.6) is 5.75 Å². The second-order valence-corrected chi connectivity index (χ2v) is 5.87. The monoisotopic (exact) mass is 272 g/mol. The molecule has 0 atom stereocenters. The van der Waals surface area contributed by atoms with E-state index in [9.17, 15) is 4.79 Å². The highest BCUT2D eigenvalue weighted by atomic mass is 16.5. The molecule has 0 aliphatic carbocycles. The molecule has 0 saturated carbocycles. The number of nitrogens with zero attached hydrogens (tertiary/aromatic N) is 1. The molecular weight excluding hydrogens is 252 g/mol. The van der Waals surface area contributed by atoms with Gasteiger partial charge in [0.15, 0.2) is 0 Å². The number of fused-ring (bicyclic) bond motifs is 3. The van der Waals surface area contributed by atoms with Crippen molar-refractivity contribution in [2.24, 2.45) is 0 Å². The second-order valence-electron chi connectivity index (χ2n) is 5.87. The molecule has 20 heavy (non-hydrogen) atoms. The normalized spacial score (nSPS) is 17.1. The number of aromatic nitrogens is 1. The Bertz CT molecular complexity index is 685. The predicted molar refractivity (Wildman–Crippen MR) is 79.0 cm³/mol. The standard InChI is InChI=1S/C16H20N2O2/c1-10(19)18-8-7-12-13-9-11(20-4)5-6-14(13)17-15(12)16(18,2)3/h5-6,9,17H,7-8H2,1-4H3. The van der Waals surface area contributed by atoms with E-state index in [0.29, 0.717) is 0 Å². The van der Waals surface area contributed by atoms with Gasteiger partial charge in [0.1, 0.15) is 5.75 Å². The number of rotatable bonds is 1. The molecule has 0 bridgehead atoms. The summed E-state index contributed by atoms with van der Waals surface area (Å²) in [7, 11) is 1.68. The third-order valence-electron chi connectivity index (χ3n) is 4.37. The SMILES string of the molecule is COc1ccc2[nH]c3c(c2c1)CCN(C(C)=O)C3(C)C. The van der Waals surface area contributed by atoms with Crippen molar-refractivity contribution >= 4 is 16.8 Å². The van der Waals surface area contributed by atoms with Crippen LogP contribution in [0.3, 0.4) is 0 Å². The molecule has 0 radical (unpaired) electrons. The van der Waals surface area contributed by atoms with Crippen molar-refractivity contribution < 1.29 is 9.53 Å². The van der Waals surface area contributed by atoms with E-state index in [4.69, 9.17) is 4.74 Å². The fraction of sp³-hybridized carbons (Fsp3) is 0.438. The summed E-state index contributed by atoms with van der Waals surface area (Å²) in [5, 5.41) is 1.20. The average Bonchev–Trinajstić information content (AvgIpc) is 2.77. The van der Waals surface area contributed by atoms with E-state index in [2.05, 4.69) is 24.9 Å². The van der Waals surface area contributed by atoms with E-state index < -0.39 is 0 Å². The zero-order valence-corrected chi connectivity index (χ0v) is 12.4. The van der Waals surface area contributed by atoms with Crippen LogP contribution in [0.2, 0.25) is 0 Å². The maximum absolute atomic E-state index is 11.8. The van der Waals surface area contributed by atoms with Crippen LogP contribution in [0.1, 0.15) is 32.0 Å². The average molecular weight is 272 g/mol. The van der Waals surface area contributed by atoms with Gasteiger partial charge in [0.25, 0.3) is 0 Å². The van der Waals surface area contributed by atoms with Gasteiger partial charge in [0.05, 0.1) is 12.6 Å². The zero-order chi connectivity index (χ0) is 14.5. The third-order valence-corrected chi connectivity index (χ3v) is 4.37. The number of hydrogen-bond donors (Lipinski definition) is 1. The number of H-pyrrole nitrogens is 1. The molecule has 1 N–H and O–H groups in total. The molecule has 1 aliphatic heterocycles. The molecular formula is C16H20N2O2. The first-order valence-electron chi connectivity index (χ1n) is 6.92. The van der Waals surface area contributed by atoms with Crippen molar-refractivity contribution in [2.45, 2.75) is 32.7 Å². The van der Waals surface area contributed by atoms with Gasteiger partial charge in [0.2, 0.25) is 5.91 Å². The first kappa shape index (κ1) is 13.0. The van der Waals surface area contributed by atoms with E-state index in [1.54, 1.807) is 14.0 Å². The van der Waals surface area contributed by atoms with E-state index in [1.807, 2.05) is 17.0 Å². The highest BCUT2D eigenvalue weighted by Gasteiger charge is 2.38. The molecule has 4 heteroatoms. The van der Waals surface area contributed by atoms with Crippen molar-refractivity contribution in [3.05, 3.63) is 29.5 Å². The lowest BCUT2D eigenvalue weighted by Gasteiger charge is -2.41. The number of ether oxygens (including phenoxy) is 1. The maximum Gasteiger partial charge on any atom is 0.220 e. The van der Waals surface area contributed by atoms with Crippen molar-refractivity contribution in [3.63, 3.8) is 0 Å². The van der Waals surface area contributed by atoms with Gasteiger partial charge in [-0.25, -0.2) is 0 Å². The van der Waals surface area contributed by atoms with Gasteiger partial charge in [-0.2, -0.15) is 0 Å². The number of carbonyl (C=O) groups is 1. The Labute approximate surface area is 118 Å². The van der Waals surface area contributed by atoms with Crippen LogP contribution in [0.15, 0.2) is 18.2 Å². The van der Waals surface area contributed by atoms with Crippen molar-refractivity contribution in [3.8, 4) is 5.75 Å². The van der Waals surface area contributed by atoms with Crippen molar-refractivity contribution in [1.29, 1.82) is 0 Å². The minimum atomic E-state index is -0.300. The van der Waals surface area contributed by atoms with Crippen molar-refractivity contribution in [1.82, 2.24) is 9.88 Å². The summed E-state index contributed by atoms with van der Waals surface area (Å²) >= 11 is 0. The summed E-state index contributed by atoms with van der Waals surface area (Å²) in [5.41, 5.74) is 3.25. The number of hydrogen-bond acceptors (Lipinski definition) is 2. The minimum absolute atomic E-state index is 0.122. The quantitative estimate of drug-likeness (QED) is 0.867. The Hall–Kier alpha value is -1.97. The van der Waals surface area contributed by atoms with E-state index in [1.165, 1.54) is 10.9 Å². The van der Waals surface area contributed by atoms with Crippen LogP contribution < -0.4 is 4.74 Å². The molecule has 4 nitrogen and oxygen atoms in total. The highest BCUT2D eigenvalue weighted by Crippen LogP contribution is 2.39. The molecule has 0 saturated heterocycles. The molecule has 1 aromatic carbocycles. The van der Waals surface area contributed by atoms with Crippen LogP contribution in [0.4, 0.5) is 0 Å². The van der Waals surface area contributed by atoms with Gasteiger partial charge >= 0.3 is 0 Å². The summed E-state index contributed by atoms with van der Waals surface area (Å²) in [4.78, 5) is 17.3. The van der Waals surface area contributed by atoms with Gasteiger partial charge in [0, 0.05) is 30.1 Å². The van der Waals surface area contributed by atoms with Crippen LogP contribution in [0, 0.1) is 0 Å². The Balaban J connectivity index is 2.20. The van der Waals surface area contributed by atoms with Gasteiger partial charge in [-0.1, -0.05) is 0 Å². The molecule has 2 aromatic rings. The number of amides is 1. The van der Waals surface area contributed by atoms with Crippen LogP contribution in [0.25, 0.3) is 10.9 Å². The number of benzene rings is 1. The predicted octanol–water partition coefficient (Wildman–Crippen LogP) is 2.82. The summed E-state index contributed by atoms with van der Waals surface area (Å²) in [5.74, 6) is 0.989. The summed E-state index contributed by atoms with van der Waals surface area (Å²) < 4.78 is 5.32.